The highest BCUT2D eigenvalue weighted by Gasteiger charge is 2.40. The number of hydrogen-bond donors (Lipinski definition) is 1. The van der Waals surface area contributed by atoms with Crippen LogP contribution in [0.5, 0.6) is 0 Å². The highest BCUT2D eigenvalue weighted by molar-refractivity contribution is 5.77. The van der Waals surface area contributed by atoms with Crippen LogP contribution < -0.4 is 0 Å². The first-order valence-corrected chi connectivity index (χ1v) is 9.20. The summed E-state index contributed by atoms with van der Waals surface area (Å²) in [5.41, 5.74) is 0.281. The van der Waals surface area contributed by atoms with E-state index in [0.29, 0.717) is 13.0 Å². The molecule has 0 unspecified atom stereocenters. The fourth-order valence-corrected chi connectivity index (χ4v) is 4.14. The molecular formula is C18H30N4O2. The number of aromatic nitrogens is 2. The first kappa shape index (κ1) is 17.4. The molecule has 24 heavy (non-hydrogen) atoms. The Labute approximate surface area is 144 Å². The van der Waals surface area contributed by atoms with Gasteiger partial charge in [0.15, 0.2) is 0 Å². The number of aliphatic hydroxyl groups excluding tert-OH is 1. The molecular weight excluding hydrogens is 304 g/mol. The van der Waals surface area contributed by atoms with Crippen LogP contribution in [0.4, 0.5) is 0 Å². The molecule has 1 aromatic heterocycles. The fraction of sp³-hybridized carbons (Fsp3) is 0.778. The minimum Gasteiger partial charge on any atom is -0.392 e. The van der Waals surface area contributed by atoms with Crippen molar-refractivity contribution >= 4 is 5.91 Å². The number of amides is 1. The maximum absolute atomic E-state index is 12.1. The highest BCUT2D eigenvalue weighted by Crippen LogP contribution is 2.40. The van der Waals surface area contributed by atoms with E-state index in [1.165, 1.54) is 12.8 Å². The maximum Gasteiger partial charge on any atom is 0.222 e. The van der Waals surface area contributed by atoms with E-state index in [2.05, 4.69) is 14.5 Å². The highest BCUT2D eigenvalue weighted by atomic mass is 16.3. The van der Waals surface area contributed by atoms with Crippen LogP contribution >= 0.6 is 0 Å². The molecule has 1 spiro atoms. The Hall–Kier alpha value is -1.40. The average molecular weight is 334 g/mol. The number of carbonyl (C=O) groups is 1. The number of nitrogens with zero attached hydrogens (tertiary/aromatic N) is 4. The van der Waals surface area contributed by atoms with Crippen molar-refractivity contribution in [2.75, 3.05) is 32.7 Å². The molecule has 3 rings (SSSR count). The van der Waals surface area contributed by atoms with Gasteiger partial charge in [-0.15, -0.1) is 0 Å². The number of aryl methyl sites for hydroxylation is 1. The molecule has 1 amide bonds. The summed E-state index contributed by atoms with van der Waals surface area (Å²) in [7, 11) is 0. The van der Waals surface area contributed by atoms with Crippen LogP contribution in [0.2, 0.25) is 0 Å². The zero-order chi connectivity index (χ0) is 17.0. The molecule has 2 aliphatic rings. The minimum absolute atomic E-state index is 0.212. The molecule has 1 N–H and O–H groups in total. The van der Waals surface area contributed by atoms with E-state index in [4.69, 9.17) is 0 Å². The number of likely N-dealkylation sites (tertiary alicyclic amines) is 2. The van der Waals surface area contributed by atoms with Gasteiger partial charge in [-0.05, 0) is 57.7 Å². The standard InChI is InChI=1S/C18H30N4O2/c1-16(23)13-22-14-18(4-3-17(22)24)5-10-20(11-6-18)8-2-9-21-12-7-19-15-21/h7,12,15-16,23H,2-6,8-11,13-14H2,1H3/t16-/m1/s1. The van der Waals surface area contributed by atoms with Crippen LogP contribution in [0.25, 0.3) is 0 Å². The predicted octanol–water partition coefficient (Wildman–Crippen LogP) is 1.36. The monoisotopic (exact) mass is 334 g/mol. The third-order valence-corrected chi connectivity index (χ3v) is 5.60. The summed E-state index contributed by atoms with van der Waals surface area (Å²) in [6.45, 7) is 7.48. The Morgan fingerprint density at radius 3 is 2.75 bits per heavy atom. The van der Waals surface area contributed by atoms with Crippen molar-refractivity contribution in [2.45, 2.75) is 51.7 Å². The van der Waals surface area contributed by atoms with Crippen molar-refractivity contribution in [1.29, 1.82) is 0 Å². The van der Waals surface area contributed by atoms with Gasteiger partial charge in [-0.1, -0.05) is 0 Å². The molecule has 0 saturated carbocycles. The number of aliphatic hydroxyl groups is 1. The summed E-state index contributed by atoms with van der Waals surface area (Å²) in [6.07, 6.45) is 10.4. The van der Waals surface area contributed by atoms with Crippen LogP contribution in [0, 0.1) is 5.41 Å². The maximum atomic E-state index is 12.1. The van der Waals surface area contributed by atoms with Crippen LogP contribution in [-0.4, -0.2) is 69.2 Å². The van der Waals surface area contributed by atoms with Crippen molar-refractivity contribution in [3.8, 4) is 0 Å². The summed E-state index contributed by atoms with van der Waals surface area (Å²) in [5.74, 6) is 0.212. The third kappa shape index (κ3) is 4.36. The van der Waals surface area contributed by atoms with Gasteiger partial charge in [-0.3, -0.25) is 4.79 Å². The summed E-state index contributed by atoms with van der Waals surface area (Å²) in [4.78, 5) is 20.6. The number of rotatable bonds is 6. The lowest BCUT2D eigenvalue weighted by atomic mass is 9.72. The van der Waals surface area contributed by atoms with E-state index >= 15 is 0 Å². The topological polar surface area (TPSA) is 61.6 Å². The predicted molar refractivity (Wildman–Crippen MR) is 92.4 cm³/mol. The zero-order valence-electron chi connectivity index (χ0n) is 14.7. The normalized spacial score (nSPS) is 22.9. The van der Waals surface area contributed by atoms with Crippen molar-refractivity contribution in [3.05, 3.63) is 18.7 Å². The lowest BCUT2D eigenvalue weighted by Crippen LogP contribution is -2.52. The smallest absolute Gasteiger partial charge is 0.222 e. The second kappa shape index (κ2) is 7.66. The summed E-state index contributed by atoms with van der Waals surface area (Å²) in [6, 6.07) is 0. The third-order valence-electron chi connectivity index (χ3n) is 5.60. The van der Waals surface area contributed by atoms with Crippen molar-refractivity contribution in [3.63, 3.8) is 0 Å². The van der Waals surface area contributed by atoms with E-state index in [9.17, 15) is 9.90 Å². The number of piperidine rings is 2. The van der Waals surface area contributed by atoms with Gasteiger partial charge in [0.1, 0.15) is 0 Å². The number of hydrogen-bond acceptors (Lipinski definition) is 4. The van der Waals surface area contributed by atoms with Gasteiger partial charge in [-0.25, -0.2) is 4.98 Å². The van der Waals surface area contributed by atoms with Gasteiger partial charge in [0.2, 0.25) is 5.91 Å². The average Bonchev–Trinajstić information content (AvgIpc) is 3.06. The second-order valence-corrected chi connectivity index (χ2v) is 7.62. The van der Waals surface area contributed by atoms with E-state index in [1.54, 1.807) is 6.92 Å². The Morgan fingerprint density at radius 1 is 1.29 bits per heavy atom. The van der Waals surface area contributed by atoms with E-state index in [1.807, 2.05) is 23.6 Å². The van der Waals surface area contributed by atoms with Crippen molar-refractivity contribution in [2.24, 2.45) is 5.41 Å². The largest absolute Gasteiger partial charge is 0.392 e. The van der Waals surface area contributed by atoms with Gasteiger partial charge in [0.25, 0.3) is 0 Å². The fourth-order valence-electron chi connectivity index (χ4n) is 4.14. The van der Waals surface area contributed by atoms with Gasteiger partial charge < -0.3 is 19.5 Å². The van der Waals surface area contributed by atoms with Gasteiger partial charge in [0.05, 0.1) is 12.4 Å². The van der Waals surface area contributed by atoms with Gasteiger partial charge in [0, 0.05) is 38.4 Å². The SMILES string of the molecule is C[C@@H](O)CN1CC2(CCC1=O)CCN(CCCn1ccnc1)CC2. The molecule has 0 aliphatic carbocycles. The van der Waals surface area contributed by atoms with Crippen LogP contribution in [0.3, 0.4) is 0 Å². The number of carbonyl (C=O) groups excluding carboxylic acids is 1. The Balaban J connectivity index is 1.44. The Morgan fingerprint density at radius 2 is 2.08 bits per heavy atom. The zero-order valence-corrected chi connectivity index (χ0v) is 14.7. The molecule has 6 heteroatoms. The quantitative estimate of drug-likeness (QED) is 0.853. The minimum atomic E-state index is -0.438. The van der Waals surface area contributed by atoms with Gasteiger partial charge >= 0.3 is 0 Å². The van der Waals surface area contributed by atoms with Gasteiger partial charge in [-0.2, -0.15) is 0 Å². The molecule has 2 aliphatic heterocycles. The molecule has 0 radical (unpaired) electrons. The number of β-amino-alcohol motifs (C(OH)–C–C–N with tert-alkyl or cyclic N) is 1. The first-order valence-electron chi connectivity index (χ1n) is 9.20. The molecule has 1 atom stereocenters. The van der Waals surface area contributed by atoms with E-state index in [0.717, 1.165) is 45.6 Å². The first-order chi connectivity index (χ1) is 11.6. The lowest BCUT2D eigenvalue weighted by molar-refractivity contribution is -0.140. The summed E-state index contributed by atoms with van der Waals surface area (Å²) in [5, 5.41) is 9.62. The van der Waals surface area contributed by atoms with Crippen molar-refractivity contribution in [1.82, 2.24) is 19.4 Å². The molecule has 3 heterocycles. The second-order valence-electron chi connectivity index (χ2n) is 7.62. The van der Waals surface area contributed by atoms with E-state index in [-0.39, 0.29) is 11.3 Å². The molecule has 1 aromatic rings. The molecule has 0 bridgehead atoms. The Kier molecular flexibility index (Phi) is 5.56. The molecule has 2 fully saturated rings. The van der Waals surface area contributed by atoms with Crippen LogP contribution in [0.15, 0.2) is 18.7 Å². The Bertz CT molecular complexity index is 521. The molecule has 134 valence electrons. The van der Waals surface area contributed by atoms with E-state index < -0.39 is 6.10 Å². The molecule has 6 nitrogen and oxygen atoms in total. The number of imidazole rings is 1. The summed E-state index contributed by atoms with van der Waals surface area (Å²) >= 11 is 0. The van der Waals surface area contributed by atoms with Crippen LogP contribution in [-0.2, 0) is 11.3 Å². The lowest BCUT2D eigenvalue weighted by Gasteiger charge is -2.47. The van der Waals surface area contributed by atoms with Crippen LogP contribution in [0.1, 0.15) is 39.0 Å². The molecule has 0 aromatic carbocycles. The molecule has 2 saturated heterocycles. The van der Waals surface area contributed by atoms with Crippen molar-refractivity contribution < 1.29 is 9.90 Å². The summed E-state index contributed by atoms with van der Waals surface area (Å²) < 4.78 is 2.13.